The van der Waals surface area contributed by atoms with Crippen molar-refractivity contribution in [1.29, 1.82) is 0 Å². The summed E-state index contributed by atoms with van der Waals surface area (Å²) in [6, 6.07) is 5.94. The van der Waals surface area contributed by atoms with Crippen molar-refractivity contribution < 1.29 is 4.74 Å². The lowest BCUT2D eigenvalue weighted by atomic mass is 9.93. The minimum Gasteiger partial charge on any atom is -0.378 e. The highest BCUT2D eigenvalue weighted by molar-refractivity contribution is 6.30. The molecule has 0 amide bonds. The summed E-state index contributed by atoms with van der Waals surface area (Å²) in [5.41, 5.74) is 8.09. The Morgan fingerprint density at radius 1 is 1.29 bits per heavy atom. The van der Waals surface area contributed by atoms with E-state index in [9.17, 15) is 0 Å². The van der Waals surface area contributed by atoms with Crippen LogP contribution in [0.15, 0.2) is 18.2 Å². The van der Waals surface area contributed by atoms with Crippen LogP contribution in [0.4, 0.5) is 5.69 Å². The van der Waals surface area contributed by atoms with E-state index in [1.54, 1.807) is 0 Å². The molecule has 0 spiro atoms. The molecule has 1 aromatic rings. The van der Waals surface area contributed by atoms with Crippen LogP contribution in [0.3, 0.4) is 0 Å². The average Bonchev–Trinajstić information content (AvgIpc) is 2.29. The van der Waals surface area contributed by atoms with Gasteiger partial charge in [-0.2, -0.15) is 0 Å². The van der Waals surface area contributed by atoms with Crippen LogP contribution in [0.5, 0.6) is 0 Å². The predicted molar refractivity (Wildman–Crippen MR) is 71.7 cm³/mol. The van der Waals surface area contributed by atoms with Gasteiger partial charge in [0, 0.05) is 29.3 Å². The second-order valence-electron chi connectivity index (χ2n) is 4.98. The Labute approximate surface area is 107 Å². The summed E-state index contributed by atoms with van der Waals surface area (Å²) in [4.78, 5) is 2.31. The van der Waals surface area contributed by atoms with Gasteiger partial charge in [0.15, 0.2) is 0 Å². The molecule has 0 aromatic heterocycles. The lowest BCUT2D eigenvalue weighted by Crippen LogP contribution is -2.39. The molecule has 1 aliphatic rings. The third-order valence-corrected chi connectivity index (χ3v) is 3.24. The summed E-state index contributed by atoms with van der Waals surface area (Å²) in [5.74, 6) is 0. The van der Waals surface area contributed by atoms with Crippen molar-refractivity contribution in [2.75, 3.05) is 31.2 Å². The quantitative estimate of drug-likeness (QED) is 0.881. The molecule has 0 radical (unpaired) electrons. The van der Waals surface area contributed by atoms with Crippen LogP contribution in [0.25, 0.3) is 0 Å². The van der Waals surface area contributed by atoms with E-state index in [2.05, 4.69) is 11.0 Å². The van der Waals surface area contributed by atoms with Crippen molar-refractivity contribution in [2.24, 2.45) is 5.73 Å². The Kier molecular flexibility index (Phi) is 3.61. The van der Waals surface area contributed by atoms with E-state index in [0.29, 0.717) is 0 Å². The van der Waals surface area contributed by atoms with E-state index in [0.717, 1.165) is 36.9 Å². The zero-order chi connectivity index (χ0) is 12.5. The molecule has 1 aliphatic heterocycles. The van der Waals surface area contributed by atoms with Gasteiger partial charge < -0.3 is 15.4 Å². The van der Waals surface area contributed by atoms with Crippen molar-refractivity contribution in [1.82, 2.24) is 0 Å². The second kappa shape index (κ2) is 4.84. The van der Waals surface area contributed by atoms with E-state index in [1.165, 1.54) is 5.69 Å². The van der Waals surface area contributed by atoms with Crippen LogP contribution >= 0.6 is 11.6 Å². The maximum Gasteiger partial charge on any atom is 0.0642 e. The van der Waals surface area contributed by atoms with Gasteiger partial charge in [-0.25, -0.2) is 0 Å². The third kappa shape index (κ3) is 2.92. The highest BCUT2D eigenvalue weighted by Gasteiger charge is 2.23. The Balaban J connectivity index is 2.38. The molecule has 4 heteroatoms. The SMILES string of the molecule is CC(C)(N)c1cc(Cl)ccc1N1CCOCC1. The highest BCUT2D eigenvalue weighted by Crippen LogP contribution is 2.31. The van der Waals surface area contributed by atoms with E-state index in [1.807, 2.05) is 26.0 Å². The normalized spacial score (nSPS) is 17.3. The molecule has 94 valence electrons. The van der Waals surface area contributed by atoms with Gasteiger partial charge in [-0.3, -0.25) is 0 Å². The van der Waals surface area contributed by atoms with Crippen LogP contribution in [0.1, 0.15) is 19.4 Å². The number of nitrogens with zero attached hydrogens (tertiary/aromatic N) is 1. The van der Waals surface area contributed by atoms with Gasteiger partial charge in [0.1, 0.15) is 0 Å². The smallest absolute Gasteiger partial charge is 0.0642 e. The average molecular weight is 255 g/mol. The summed E-state index contributed by atoms with van der Waals surface area (Å²) in [7, 11) is 0. The number of hydrogen-bond acceptors (Lipinski definition) is 3. The first-order chi connectivity index (χ1) is 7.98. The fourth-order valence-electron chi connectivity index (χ4n) is 2.10. The molecule has 1 fully saturated rings. The minimum atomic E-state index is -0.390. The molecular weight excluding hydrogens is 236 g/mol. The van der Waals surface area contributed by atoms with E-state index < -0.39 is 5.54 Å². The first kappa shape index (κ1) is 12.7. The van der Waals surface area contributed by atoms with Crippen LogP contribution in [-0.4, -0.2) is 26.3 Å². The van der Waals surface area contributed by atoms with E-state index in [4.69, 9.17) is 22.1 Å². The Morgan fingerprint density at radius 2 is 1.94 bits per heavy atom. The van der Waals surface area contributed by atoms with Crippen molar-refractivity contribution >= 4 is 17.3 Å². The van der Waals surface area contributed by atoms with Gasteiger partial charge in [-0.05, 0) is 37.6 Å². The molecular formula is C13H19ClN2O. The first-order valence-corrected chi connectivity index (χ1v) is 6.28. The minimum absolute atomic E-state index is 0.390. The molecule has 0 atom stereocenters. The van der Waals surface area contributed by atoms with E-state index in [-0.39, 0.29) is 0 Å². The molecule has 0 bridgehead atoms. The maximum atomic E-state index is 6.22. The zero-order valence-corrected chi connectivity index (χ0v) is 11.1. The summed E-state index contributed by atoms with van der Waals surface area (Å²) < 4.78 is 5.37. The molecule has 3 nitrogen and oxygen atoms in total. The van der Waals surface area contributed by atoms with Gasteiger partial charge in [0.05, 0.1) is 13.2 Å². The summed E-state index contributed by atoms with van der Waals surface area (Å²) in [6.07, 6.45) is 0. The molecule has 0 aliphatic carbocycles. The third-order valence-electron chi connectivity index (χ3n) is 3.00. The van der Waals surface area contributed by atoms with Crippen LogP contribution < -0.4 is 10.6 Å². The molecule has 1 heterocycles. The van der Waals surface area contributed by atoms with Crippen molar-refractivity contribution in [3.8, 4) is 0 Å². The Bertz CT molecular complexity index is 395. The van der Waals surface area contributed by atoms with Crippen molar-refractivity contribution in [2.45, 2.75) is 19.4 Å². The fraction of sp³-hybridized carbons (Fsp3) is 0.538. The second-order valence-corrected chi connectivity index (χ2v) is 5.42. The molecule has 17 heavy (non-hydrogen) atoms. The topological polar surface area (TPSA) is 38.5 Å². The molecule has 0 saturated carbocycles. The predicted octanol–water partition coefficient (Wildman–Crippen LogP) is 2.37. The standard InChI is InChI=1S/C13H19ClN2O/c1-13(2,15)11-9-10(14)3-4-12(11)16-5-7-17-8-6-16/h3-4,9H,5-8,15H2,1-2H3. The molecule has 1 saturated heterocycles. The number of nitrogens with two attached hydrogens (primary N) is 1. The fourth-order valence-corrected chi connectivity index (χ4v) is 2.28. The van der Waals surface area contributed by atoms with Gasteiger partial charge in [-0.15, -0.1) is 0 Å². The van der Waals surface area contributed by atoms with Gasteiger partial charge in [0.2, 0.25) is 0 Å². The van der Waals surface area contributed by atoms with E-state index >= 15 is 0 Å². The molecule has 2 rings (SSSR count). The molecule has 1 aromatic carbocycles. The Morgan fingerprint density at radius 3 is 2.53 bits per heavy atom. The number of halogens is 1. The van der Waals surface area contributed by atoms with Crippen molar-refractivity contribution in [3.63, 3.8) is 0 Å². The number of benzene rings is 1. The maximum absolute atomic E-state index is 6.22. The lowest BCUT2D eigenvalue weighted by Gasteiger charge is -2.34. The van der Waals surface area contributed by atoms with Crippen LogP contribution in [-0.2, 0) is 10.3 Å². The summed E-state index contributed by atoms with van der Waals surface area (Å²) in [6.45, 7) is 7.36. The van der Waals surface area contributed by atoms with Gasteiger partial charge >= 0.3 is 0 Å². The Hall–Kier alpha value is -0.770. The monoisotopic (exact) mass is 254 g/mol. The van der Waals surface area contributed by atoms with Crippen molar-refractivity contribution in [3.05, 3.63) is 28.8 Å². The van der Waals surface area contributed by atoms with Gasteiger partial charge in [0.25, 0.3) is 0 Å². The number of anilines is 1. The number of morpholine rings is 1. The molecule has 0 unspecified atom stereocenters. The van der Waals surface area contributed by atoms with Gasteiger partial charge in [-0.1, -0.05) is 11.6 Å². The number of hydrogen-bond donors (Lipinski definition) is 1. The number of ether oxygens (including phenoxy) is 1. The summed E-state index contributed by atoms with van der Waals surface area (Å²) in [5, 5.41) is 0.732. The lowest BCUT2D eigenvalue weighted by molar-refractivity contribution is 0.122. The number of rotatable bonds is 2. The summed E-state index contributed by atoms with van der Waals surface area (Å²) >= 11 is 6.06. The first-order valence-electron chi connectivity index (χ1n) is 5.90. The zero-order valence-electron chi connectivity index (χ0n) is 10.4. The van der Waals surface area contributed by atoms with Crippen LogP contribution in [0.2, 0.25) is 5.02 Å². The molecule has 2 N–H and O–H groups in total. The highest BCUT2D eigenvalue weighted by atomic mass is 35.5. The largest absolute Gasteiger partial charge is 0.378 e. The van der Waals surface area contributed by atoms with Crippen LogP contribution in [0, 0.1) is 0 Å².